The van der Waals surface area contributed by atoms with Crippen LogP contribution in [0.4, 0.5) is 5.69 Å². The molecule has 0 saturated carbocycles. The van der Waals surface area contributed by atoms with E-state index in [2.05, 4.69) is 28.5 Å². The highest BCUT2D eigenvalue weighted by Crippen LogP contribution is 2.23. The zero-order chi connectivity index (χ0) is 19.4. The first-order valence-electron chi connectivity index (χ1n) is 8.56. The number of hydrogen-bond acceptors (Lipinski definition) is 4. The van der Waals surface area contributed by atoms with E-state index in [1.165, 1.54) is 17.3 Å². The lowest BCUT2D eigenvalue weighted by Crippen LogP contribution is -2.14. The lowest BCUT2D eigenvalue weighted by atomic mass is 10.1. The Morgan fingerprint density at radius 3 is 2.52 bits per heavy atom. The maximum atomic E-state index is 12.4. The molecule has 0 atom stereocenters. The van der Waals surface area contributed by atoms with Gasteiger partial charge in [0.2, 0.25) is 11.7 Å². The van der Waals surface area contributed by atoms with E-state index in [-0.39, 0.29) is 11.7 Å². The van der Waals surface area contributed by atoms with Crippen LogP contribution < -0.4 is 5.32 Å². The van der Waals surface area contributed by atoms with Gasteiger partial charge in [0, 0.05) is 35.6 Å². The van der Waals surface area contributed by atoms with Crippen LogP contribution in [0.3, 0.4) is 0 Å². The number of imidazole rings is 1. The highest BCUT2D eigenvalue weighted by Gasteiger charge is 2.13. The lowest BCUT2D eigenvalue weighted by molar-refractivity contribution is -0.113. The normalized spacial score (nSPS) is 10.6. The molecule has 0 fully saturated rings. The summed E-state index contributed by atoms with van der Waals surface area (Å²) in [5, 5.41) is 2.87. The Balaban J connectivity index is 1.59. The van der Waals surface area contributed by atoms with Crippen LogP contribution in [0.15, 0.2) is 59.8 Å². The number of benzene rings is 2. The number of carbonyl (C=O) groups excluding carboxylic acids is 2. The van der Waals surface area contributed by atoms with Crippen molar-refractivity contribution in [1.29, 1.82) is 0 Å². The molecule has 3 aromatic rings. The Kier molecular flexibility index (Phi) is 5.76. The molecule has 1 aromatic heterocycles. The number of aryl methyl sites for hydroxylation is 3. The molecule has 3 rings (SSSR count). The van der Waals surface area contributed by atoms with Crippen LogP contribution in [0.25, 0.3) is 0 Å². The van der Waals surface area contributed by atoms with Gasteiger partial charge in [0.05, 0.1) is 5.75 Å². The second-order valence-electron chi connectivity index (χ2n) is 6.37. The quantitative estimate of drug-likeness (QED) is 0.519. The lowest BCUT2D eigenvalue weighted by Gasteiger charge is -2.08. The SMILES string of the molecule is Cc1ccc(C)c(SCC(=O)Nc2ccc(C(=O)c3nccn3C)cc2)c1. The number of amides is 1. The molecule has 2 aromatic carbocycles. The van der Waals surface area contributed by atoms with Crippen molar-refractivity contribution in [3.63, 3.8) is 0 Å². The molecule has 0 aliphatic rings. The van der Waals surface area contributed by atoms with E-state index in [4.69, 9.17) is 0 Å². The zero-order valence-electron chi connectivity index (χ0n) is 15.5. The number of nitrogens with zero attached hydrogens (tertiary/aromatic N) is 2. The predicted octanol–water partition coefficient (Wildman–Crippen LogP) is 4.00. The molecule has 27 heavy (non-hydrogen) atoms. The molecule has 0 bridgehead atoms. The summed E-state index contributed by atoms with van der Waals surface area (Å²) < 4.78 is 1.68. The molecule has 5 nitrogen and oxygen atoms in total. The number of ketones is 1. The van der Waals surface area contributed by atoms with Crippen LogP contribution >= 0.6 is 11.8 Å². The molecule has 0 aliphatic heterocycles. The van der Waals surface area contributed by atoms with Crippen molar-refractivity contribution in [2.75, 3.05) is 11.1 Å². The molecule has 0 aliphatic carbocycles. The maximum Gasteiger partial charge on any atom is 0.234 e. The van der Waals surface area contributed by atoms with Gasteiger partial charge in [-0.25, -0.2) is 4.98 Å². The second kappa shape index (κ2) is 8.22. The van der Waals surface area contributed by atoms with Crippen molar-refractivity contribution in [3.8, 4) is 0 Å². The fourth-order valence-corrected chi connectivity index (χ4v) is 3.55. The number of aromatic nitrogens is 2. The van der Waals surface area contributed by atoms with Crippen molar-refractivity contribution >= 4 is 29.1 Å². The third kappa shape index (κ3) is 4.65. The summed E-state index contributed by atoms with van der Waals surface area (Å²) >= 11 is 1.52. The standard InChI is InChI=1S/C21H21N3O2S/c1-14-4-5-15(2)18(12-14)27-13-19(25)23-17-8-6-16(7-9-17)20(26)21-22-10-11-24(21)3/h4-12H,13H2,1-3H3,(H,23,25). The molecule has 1 heterocycles. The van der Waals surface area contributed by atoms with Crippen LogP contribution in [0.1, 0.15) is 27.3 Å². The molecule has 1 amide bonds. The number of nitrogens with one attached hydrogen (secondary N) is 1. The minimum Gasteiger partial charge on any atom is -0.331 e. The van der Waals surface area contributed by atoms with Gasteiger partial charge in [-0.05, 0) is 49.7 Å². The Labute approximate surface area is 162 Å². The van der Waals surface area contributed by atoms with Gasteiger partial charge < -0.3 is 9.88 Å². The van der Waals surface area contributed by atoms with E-state index in [0.717, 1.165) is 10.5 Å². The van der Waals surface area contributed by atoms with Gasteiger partial charge in [0.1, 0.15) is 0 Å². The van der Waals surface area contributed by atoms with Gasteiger partial charge in [-0.3, -0.25) is 9.59 Å². The van der Waals surface area contributed by atoms with Gasteiger partial charge in [-0.15, -0.1) is 11.8 Å². The number of carbonyl (C=O) groups is 2. The summed E-state index contributed by atoms with van der Waals surface area (Å²) in [7, 11) is 1.78. The third-order valence-electron chi connectivity index (χ3n) is 4.16. The fourth-order valence-electron chi connectivity index (χ4n) is 2.62. The molecule has 0 unspecified atom stereocenters. The average molecular weight is 379 g/mol. The van der Waals surface area contributed by atoms with Crippen molar-refractivity contribution in [2.24, 2.45) is 7.05 Å². The predicted molar refractivity (Wildman–Crippen MR) is 108 cm³/mol. The van der Waals surface area contributed by atoms with Crippen molar-refractivity contribution in [2.45, 2.75) is 18.7 Å². The third-order valence-corrected chi connectivity index (χ3v) is 5.31. The molecule has 1 N–H and O–H groups in total. The smallest absolute Gasteiger partial charge is 0.234 e. The van der Waals surface area contributed by atoms with Gasteiger partial charge in [0.25, 0.3) is 0 Å². The van der Waals surface area contributed by atoms with E-state index in [1.54, 1.807) is 48.3 Å². The number of hydrogen-bond donors (Lipinski definition) is 1. The van der Waals surface area contributed by atoms with Gasteiger partial charge >= 0.3 is 0 Å². The number of thioether (sulfide) groups is 1. The van der Waals surface area contributed by atoms with Gasteiger partial charge in [0.15, 0.2) is 5.82 Å². The summed E-state index contributed by atoms with van der Waals surface area (Å²) in [6, 6.07) is 13.1. The highest BCUT2D eigenvalue weighted by molar-refractivity contribution is 8.00. The van der Waals surface area contributed by atoms with Gasteiger partial charge in [-0.1, -0.05) is 17.7 Å². The first-order valence-corrected chi connectivity index (χ1v) is 9.54. The van der Waals surface area contributed by atoms with E-state index in [9.17, 15) is 9.59 Å². The molecule has 138 valence electrons. The first-order chi connectivity index (χ1) is 12.9. The average Bonchev–Trinajstić information content (AvgIpc) is 3.08. The van der Waals surface area contributed by atoms with E-state index in [0.29, 0.717) is 22.8 Å². The zero-order valence-corrected chi connectivity index (χ0v) is 16.3. The monoisotopic (exact) mass is 379 g/mol. The van der Waals surface area contributed by atoms with E-state index in [1.807, 2.05) is 13.8 Å². The molecule has 0 spiro atoms. The molecule has 0 saturated heterocycles. The van der Waals surface area contributed by atoms with Crippen molar-refractivity contribution in [3.05, 3.63) is 77.4 Å². The summed E-state index contributed by atoms with van der Waals surface area (Å²) in [4.78, 5) is 29.8. The Hall–Kier alpha value is -2.86. The van der Waals surface area contributed by atoms with Crippen LogP contribution in [-0.2, 0) is 11.8 Å². The Bertz CT molecular complexity index is 977. The molecule has 6 heteroatoms. The van der Waals surface area contributed by atoms with Gasteiger partial charge in [-0.2, -0.15) is 0 Å². The number of anilines is 1. The van der Waals surface area contributed by atoms with Crippen LogP contribution in [-0.4, -0.2) is 27.0 Å². The molecular weight excluding hydrogens is 358 g/mol. The summed E-state index contributed by atoms with van der Waals surface area (Å²) in [5.74, 6) is 0.491. The topological polar surface area (TPSA) is 64.0 Å². The fraction of sp³-hybridized carbons (Fsp3) is 0.190. The van der Waals surface area contributed by atoms with E-state index >= 15 is 0 Å². The highest BCUT2D eigenvalue weighted by atomic mass is 32.2. The Morgan fingerprint density at radius 2 is 1.85 bits per heavy atom. The number of rotatable bonds is 6. The van der Waals surface area contributed by atoms with Crippen LogP contribution in [0.2, 0.25) is 0 Å². The van der Waals surface area contributed by atoms with E-state index < -0.39 is 0 Å². The van der Waals surface area contributed by atoms with Crippen LogP contribution in [0, 0.1) is 13.8 Å². The molecular formula is C21H21N3O2S. The molecule has 0 radical (unpaired) electrons. The summed E-state index contributed by atoms with van der Waals surface area (Å²) in [5.41, 5.74) is 3.54. The Morgan fingerprint density at radius 1 is 1.11 bits per heavy atom. The largest absolute Gasteiger partial charge is 0.331 e. The van der Waals surface area contributed by atoms with Crippen molar-refractivity contribution in [1.82, 2.24) is 9.55 Å². The van der Waals surface area contributed by atoms with Crippen molar-refractivity contribution < 1.29 is 9.59 Å². The first kappa shape index (κ1) is 18.9. The minimum atomic E-state index is -0.147. The summed E-state index contributed by atoms with van der Waals surface area (Å²) in [6.07, 6.45) is 3.32. The maximum absolute atomic E-state index is 12.4. The summed E-state index contributed by atoms with van der Waals surface area (Å²) in [6.45, 7) is 4.08. The minimum absolute atomic E-state index is 0.0796. The second-order valence-corrected chi connectivity index (χ2v) is 7.39. The van der Waals surface area contributed by atoms with Crippen LogP contribution in [0.5, 0.6) is 0 Å².